The van der Waals surface area contributed by atoms with E-state index in [-0.39, 0.29) is 11.5 Å². The number of nitro benzene ring substituents is 1. The highest BCUT2D eigenvalue weighted by Crippen LogP contribution is 2.22. The monoisotopic (exact) mass is 301 g/mol. The molecular formula is C16H15NO3S. The molecular weight excluding hydrogens is 286 g/mol. The van der Waals surface area contributed by atoms with Crippen molar-refractivity contribution in [3.8, 4) is 0 Å². The van der Waals surface area contributed by atoms with E-state index in [4.69, 9.17) is 0 Å². The molecule has 0 aliphatic rings. The third-order valence-corrected chi connectivity index (χ3v) is 4.26. The molecule has 0 radical (unpaired) electrons. The van der Waals surface area contributed by atoms with Crippen LogP contribution in [0.15, 0.2) is 47.4 Å². The van der Waals surface area contributed by atoms with E-state index in [9.17, 15) is 14.9 Å². The summed E-state index contributed by atoms with van der Waals surface area (Å²) in [5.41, 5.74) is 3.02. The van der Waals surface area contributed by atoms with Crippen LogP contribution in [0.5, 0.6) is 0 Å². The Morgan fingerprint density at radius 3 is 2.33 bits per heavy atom. The van der Waals surface area contributed by atoms with Gasteiger partial charge in [-0.3, -0.25) is 14.9 Å². The number of hydrogen-bond donors (Lipinski definition) is 0. The maximum Gasteiger partial charge on any atom is 0.269 e. The van der Waals surface area contributed by atoms with Crippen molar-refractivity contribution in [3.05, 3.63) is 69.3 Å². The third-order valence-electron chi connectivity index (χ3n) is 3.25. The van der Waals surface area contributed by atoms with Crippen LogP contribution in [0.4, 0.5) is 5.69 Å². The Morgan fingerprint density at radius 2 is 1.76 bits per heavy atom. The molecule has 0 bridgehead atoms. The normalized spacial score (nSPS) is 10.4. The zero-order valence-corrected chi connectivity index (χ0v) is 12.6. The Kier molecular flexibility index (Phi) is 4.75. The van der Waals surface area contributed by atoms with Crippen molar-refractivity contribution in [2.45, 2.75) is 18.7 Å². The van der Waals surface area contributed by atoms with Crippen molar-refractivity contribution in [1.82, 2.24) is 0 Å². The molecule has 0 aromatic heterocycles. The Labute approximate surface area is 127 Å². The highest BCUT2D eigenvalue weighted by molar-refractivity contribution is 8.00. The fourth-order valence-electron chi connectivity index (χ4n) is 1.81. The van der Waals surface area contributed by atoms with E-state index in [0.717, 1.165) is 16.0 Å². The molecule has 21 heavy (non-hydrogen) atoms. The highest BCUT2D eigenvalue weighted by atomic mass is 32.2. The van der Waals surface area contributed by atoms with Crippen molar-refractivity contribution < 1.29 is 9.72 Å². The molecule has 4 nitrogen and oxygen atoms in total. The number of rotatable bonds is 5. The summed E-state index contributed by atoms with van der Waals surface area (Å²) in [7, 11) is 0. The number of benzene rings is 2. The molecule has 0 N–H and O–H groups in total. The van der Waals surface area contributed by atoms with Crippen LogP contribution in [0.2, 0.25) is 0 Å². The van der Waals surface area contributed by atoms with E-state index < -0.39 is 4.92 Å². The van der Waals surface area contributed by atoms with Crippen molar-refractivity contribution in [3.63, 3.8) is 0 Å². The van der Waals surface area contributed by atoms with Gasteiger partial charge < -0.3 is 0 Å². The molecule has 0 saturated heterocycles. The predicted molar refractivity (Wildman–Crippen MR) is 84.1 cm³/mol. The second-order valence-corrected chi connectivity index (χ2v) is 5.81. The minimum absolute atomic E-state index is 0.0554. The van der Waals surface area contributed by atoms with E-state index in [0.29, 0.717) is 11.3 Å². The number of nitro groups is 1. The van der Waals surface area contributed by atoms with Gasteiger partial charge in [-0.25, -0.2) is 0 Å². The first kappa shape index (κ1) is 15.3. The average Bonchev–Trinajstić information content (AvgIpc) is 2.48. The van der Waals surface area contributed by atoms with Crippen molar-refractivity contribution in [2.24, 2.45) is 0 Å². The lowest BCUT2D eigenvalue weighted by molar-refractivity contribution is -0.384. The van der Waals surface area contributed by atoms with Gasteiger partial charge in [-0.1, -0.05) is 12.1 Å². The van der Waals surface area contributed by atoms with E-state index in [2.05, 4.69) is 0 Å². The molecule has 108 valence electrons. The van der Waals surface area contributed by atoms with Gasteiger partial charge >= 0.3 is 0 Å². The summed E-state index contributed by atoms with van der Waals surface area (Å²) in [5, 5.41) is 10.6. The first-order chi connectivity index (χ1) is 9.97. The van der Waals surface area contributed by atoms with Gasteiger partial charge in [0, 0.05) is 22.6 Å². The fourth-order valence-corrected chi connectivity index (χ4v) is 2.60. The molecule has 0 fully saturated rings. The zero-order valence-electron chi connectivity index (χ0n) is 11.8. The number of ketones is 1. The van der Waals surface area contributed by atoms with Gasteiger partial charge in [-0.2, -0.15) is 0 Å². The van der Waals surface area contributed by atoms with Gasteiger partial charge in [0.1, 0.15) is 0 Å². The van der Waals surface area contributed by atoms with Crippen LogP contribution in [0, 0.1) is 24.0 Å². The summed E-state index contributed by atoms with van der Waals surface area (Å²) in [6, 6.07) is 11.9. The van der Waals surface area contributed by atoms with Crippen LogP contribution in [0.1, 0.15) is 21.5 Å². The molecule has 0 spiro atoms. The van der Waals surface area contributed by atoms with Crippen LogP contribution in [0.25, 0.3) is 0 Å². The minimum Gasteiger partial charge on any atom is -0.293 e. The molecule has 0 atom stereocenters. The summed E-state index contributed by atoms with van der Waals surface area (Å²) in [5.74, 6) is 0.377. The molecule has 0 heterocycles. The van der Waals surface area contributed by atoms with Gasteiger partial charge in [0.15, 0.2) is 5.78 Å². The number of Topliss-reactive ketones (excluding diaryl/α,β-unsaturated/α-hetero) is 1. The Morgan fingerprint density at radius 1 is 1.10 bits per heavy atom. The van der Waals surface area contributed by atoms with Crippen LogP contribution >= 0.6 is 11.8 Å². The molecule has 0 aliphatic heterocycles. The second kappa shape index (κ2) is 6.54. The first-order valence-corrected chi connectivity index (χ1v) is 7.43. The zero-order chi connectivity index (χ0) is 15.4. The maximum atomic E-state index is 12.1. The molecule has 5 heteroatoms. The SMILES string of the molecule is Cc1ccc(C(=O)CSc2ccc([N+](=O)[O-])cc2)cc1C. The molecule has 2 aromatic carbocycles. The highest BCUT2D eigenvalue weighted by Gasteiger charge is 2.09. The summed E-state index contributed by atoms with van der Waals surface area (Å²) >= 11 is 1.38. The largest absolute Gasteiger partial charge is 0.293 e. The molecule has 2 rings (SSSR count). The quantitative estimate of drug-likeness (QED) is 0.359. The van der Waals surface area contributed by atoms with Crippen molar-refractivity contribution in [2.75, 3.05) is 5.75 Å². The molecule has 2 aromatic rings. The average molecular weight is 301 g/mol. The fraction of sp³-hybridized carbons (Fsp3) is 0.188. The maximum absolute atomic E-state index is 12.1. The minimum atomic E-state index is -0.436. The number of carbonyl (C=O) groups excluding carboxylic acids is 1. The lowest BCUT2D eigenvalue weighted by Gasteiger charge is -2.05. The van der Waals surface area contributed by atoms with Gasteiger partial charge in [-0.15, -0.1) is 11.8 Å². The number of aryl methyl sites for hydroxylation is 2. The third kappa shape index (κ3) is 3.92. The van der Waals surface area contributed by atoms with Crippen LogP contribution < -0.4 is 0 Å². The molecule has 0 aliphatic carbocycles. The van der Waals surface area contributed by atoms with Gasteiger partial charge in [0.25, 0.3) is 5.69 Å². The van der Waals surface area contributed by atoms with Gasteiger partial charge in [0.05, 0.1) is 10.7 Å². The van der Waals surface area contributed by atoms with Gasteiger partial charge in [-0.05, 0) is 43.2 Å². The Bertz CT molecular complexity index is 680. The lowest BCUT2D eigenvalue weighted by atomic mass is 10.0. The predicted octanol–water partition coefficient (Wildman–Crippen LogP) is 4.19. The Hall–Kier alpha value is -2.14. The lowest BCUT2D eigenvalue weighted by Crippen LogP contribution is -2.03. The molecule has 0 unspecified atom stereocenters. The Balaban J connectivity index is 2.00. The standard InChI is InChI=1S/C16H15NO3S/c1-11-3-4-13(9-12(11)2)16(18)10-21-15-7-5-14(6-8-15)17(19)20/h3-9H,10H2,1-2H3. The first-order valence-electron chi connectivity index (χ1n) is 6.45. The number of nitrogens with zero attached hydrogens (tertiary/aromatic N) is 1. The van der Waals surface area contributed by atoms with E-state index in [1.54, 1.807) is 12.1 Å². The van der Waals surface area contributed by atoms with Crippen LogP contribution in [-0.4, -0.2) is 16.5 Å². The van der Waals surface area contributed by atoms with Crippen LogP contribution in [-0.2, 0) is 0 Å². The van der Waals surface area contributed by atoms with Crippen molar-refractivity contribution >= 4 is 23.2 Å². The summed E-state index contributed by atoms with van der Waals surface area (Å²) in [6.45, 7) is 3.99. The van der Waals surface area contributed by atoms with Crippen molar-refractivity contribution in [1.29, 1.82) is 0 Å². The van der Waals surface area contributed by atoms with E-state index in [1.165, 1.54) is 23.9 Å². The summed E-state index contributed by atoms with van der Waals surface area (Å²) in [4.78, 5) is 23.1. The summed E-state index contributed by atoms with van der Waals surface area (Å²) < 4.78 is 0. The molecule has 0 amide bonds. The van der Waals surface area contributed by atoms with E-state index >= 15 is 0 Å². The second-order valence-electron chi connectivity index (χ2n) is 4.76. The summed E-state index contributed by atoms with van der Waals surface area (Å²) in [6.07, 6.45) is 0. The number of thioether (sulfide) groups is 1. The number of carbonyl (C=O) groups is 1. The van der Waals surface area contributed by atoms with Crippen LogP contribution in [0.3, 0.4) is 0 Å². The van der Waals surface area contributed by atoms with Gasteiger partial charge in [0.2, 0.25) is 0 Å². The number of non-ortho nitro benzene ring substituents is 1. The smallest absolute Gasteiger partial charge is 0.269 e. The topological polar surface area (TPSA) is 60.2 Å². The molecule has 0 saturated carbocycles. The number of hydrogen-bond acceptors (Lipinski definition) is 4. The van der Waals surface area contributed by atoms with E-state index in [1.807, 2.05) is 32.0 Å².